The standard InChI is InChI=1S/C11H17F3N4O2/c1-7(2)8-9(18(19)20)10(17(3)16-8)15-6-4-5-11(12,13)14/h7,15H,4-6H2,1-3H3. The van der Waals surface area contributed by atoms with Crippen LogP contribution >= 0.6 is 0 Å². The highest BCUT2D eigenvalue weighted by atomic mass is 19.4. The van der Waals surface area contributed by atoms with Gasteiger partial charge in [-0.3, -0.25) is 10.1 Å². The van der Waals surface area contributed by atoms with Crippen molar-refractivity contribution in [2.75, 3.05) is 11.9 Å². The summed E-state index contributed by atoms with van der Waals surface area (Å²) < 4.78 is 37.4. The lowest BCUT2D eigenvalue weighted by molar-refractivity contribution is -0.384. The smallest absolute Gasteiger partial charge is 0.365 e. The first-order chi connectivity index (χ1) is 9.13. The first-order valence-electron chi connectivity index (χ1n) is 6.15. The molecule has 0 fully saturated rings. The van der Waals surface area contributed by atoms with Crippen LogP contribution in [-0.2, 0) is 7.05 Å². The Morgan fingerprint density at radius 3 is 2.50 bits per heavy atom. The maximum absolute atomic E-state index is 12.0. The average Bonchev–Trinajstić information content (AvgIpc) is 2.61. The van der Waals surface area contributed by atoms with E-state index < -0.39 is 17.5 Å². The van der Waals surface area contributed by atoms with Crippen molar-refractivity contribution >= 4 is 11.5 Å². The molecule has 114 valence electrons. The molecule has 1 aromatic heterocycles. The molecule has 20 heavy (non-hydrogen) atoms. The largest absolute Gasteiger partial charge is 0.389 e. The van der Waals surface area contributed by atoms with E-state index in [9.17, 15) is 23.3 Å². The highest BCUT2D eigenvalue weighted by Crippen LogP contribution is 2.32. The summed E-state index contributed by atoms with van der Waals surface area (Å²) in [4.78, 5) is 10.5. The number of aryl methyl sites for hydroxylation is 1. The molecule has 1 N–H and O–H groups in total. The van der Waals surface area contributed by atoms with Gasteiger partial charge in [0.1, 0.15) is 5.69 Å². The van der Waals surface area contributed by atoms with Crippen LogP contribution in [0, 0.1) is 10.1 Å². The first-order valence-corrected chi connectivity index (χ1v) is 6.15. The number of rotatable bonds is 6. The van der Waals surface area contributed by atoms with Crippen LogP contribution in [0.1, 0.15) is 38.3 Å². The van der Waals surface area contributed by atoms with Crippen molar-refractivity contribution in [3.05, 3.63) is 15.8 Å². The van der Waals surface area contributed by atoms with Crippen LogP contribution in [0.25, 0.3) is 0 Å². The fraction of sp³-hybridized carbons (Fsp3) is 0.727. The molecule has 1 aromatic rings. The highest BCUT2D eigenvalue weighted by molar-refractivity contribution is 5.60. The quantitative estimate of drug-likeness (QED) is 0.497. The van der Waals surface area contributed by atoms with Crippen molar-refractivity contribution in [1.82, 2.24) is 9.78 Å². The SMILES string of the molecule is CC(C)c1nn(C)c(NCCCC(F)(F)F)c1[N+](=O)[O-]. The molecule has 6 nitrogen and oxygen atoms in total. The molecule has 0 aliphatic carbocycles. The van der Waals surface area contributed by atoms with Crippen LogP contribution in [0.2, 0.25) is 0 Å². The minimum Gasteiger partial charge on any atom is -0.365 e. The molecule has 9 heteroatoms. The summed E-state index contributed by atoms with van der Waals surface area (Å²) >= 11 is 0. The van der Waals surface area contributed by atoms with Gasteiger partial charge in [-0.2, -0.15) is 18.3 Å². The summed E-state index contributed by atoms with van der Waals surface area (Å²) in [6, 6.07) is 0. The van der Waals surface area contributed by atoms with Crippen molar-refractivity contribution in [2.24, 2.45) is 7.05 Å². The number of nitrogens with zero attached hydrogens (tertiary/aromatic N) is 3. The predicted molar refractivity (Wildman–Crippen MR) is 67.7 cm³/mol. The summed E-state index contributed by atoms with van der Waals surface area (Å²) in [6.45, 7) is 3.53. The number of halogens is 3. The fourth-order valence-electron chi connectivity index (χ4n) is 1.80. The van der Waals surface area contributed by atoms with Crippen molar-refractivity contribution in [3.8, 4) is 0 Å². The molecular formula is C11H17F3N4O2. The molecule has 1 rings (SSSR count). The zero-order valence-corrected chi connectivity index (χ0v) is 11.5. The normalized spacial score (nSPS) is 11.9. The maximum atomic E-state index is 12.0. The fourth-order valence-corrected chi connectivity index (χ4v) is 1.80. The molecule has 0 saturated heterocycles. The minimum atomic E-state index is -4.22. The Morgan fingerprint density at radius 1 is 1.45 bits per heavy atom. The Labute approximate surface area is 114 Å². The van der Waals surface area contributed by atoms with Gasteiger partial charge < -0.3 is 5.32 Å². The molecule has 0 aromatic carbocycles. The van der Waals surface area contributed by atoms with E-state index in [0.717, 1.165) is 0 Å². The van der Waals surface area contributed by atoms with E-state index >= 15 is 0 Å². The highest BCUT2D eigenvalue weighted by Gasteiger charge is 2.29. The molecule has 0 saturated carbocycles. The lowest BCUT2D eigenvalue weighted by Crippen LogP contribution is -2.13. The second-order valence-electron chi connectivity index (χ2n) is 4.76. The first kappa shape index (κ1) is 16.3. The van der Waals surface area contributed by atoms with Gasteiger partial charge in [-0.25, -0.2) is 4.68 Å². The molecule has 0 aliphatic rings. The molecule has 0 atom stereocenters. The lowest BCUT2D eigenvalue weighted by atomic mass is 10.1. The number of nitro groups is 1. The summed E-state index contributed by atoms with van der Waals surface area (Å²) in [7, 11) is 1.52. The summed E-state index contributed by atoms with van der Waals surface area (Å²) in [5, 5.41) is 17.8. The molecule has 0 radical (unpaired) electrons. The van der Waals surface area contributed by atoms with Gasteiger partial charge in [0, 0.05) is 25.9 Å². The van der Waals surface area contributed by atoms with Crippen molar-refractivity contribution < 1.29 is 18.1 Å². The Kier molecular flexibility index (Phi) is 4.96. The second-order valence-corrected chi connectivity index (χ2v) is 4.76. The number of hydrogen-bond donors (Lipinski definition) is 1. The van der Waals surface area contributed by atoms with E-state index in [0.29, 0.717) is 5.69 Å². The summed E-state index contributed by atoms with van der Waals surface area (Å²) in [5.74, 6) is -0.00630. The van der Waals surface area contributed by atoms with E-state index in [2.05, 4.69) is 10.4 Å². The topological polar surface area (TPSA) is 73.0 Å². The van der Waals surface area contributed by atoms with Crippen LogP contribution in [-0.4, -0.2) is 27.4 Å². The van der Waals surface area contributed by atoms with E-state index in [1.165, 1.54) is 11.7 Å². The third-order valence-electron chi connectivity index (χ3n) is 2.71. The molecule has 1 heterocycles. The van der Waals surface area contributed by atoms with Gasteiger partial charge in [-0.1, -0.05) is 13.8 Å². The van der Waals surface area contributed by atoms with Crippen molar-refractivity contribution in [3.63, 3.8) is 0 Å². The minimum absolute atomic E-state index is 0.00256. The van der Waals surface area contributed by atoms with E-state index in [1.54, 1.807) is 13.8 Å². The monoisotopic (exact) mass is 294 g/mol. The maximum Gasteiger partial charge on any atom is 0.389 e. The number of nitrogens with one attached hydrogen (secondary N) is 1. The average molecular weight is 294 g/mol. The lowest BCUT2D eigenvalue weighted by Gasteiger charge is -2.08. The molecule has 0 spiro atoms. The van der Waals surface area contributed by atoms with E-state index in [-0.39, 0.29) is 30.4 Å². The van der Waals surface area contributed by atoms with Gasteiger partial charge in [0.25, 0.3) is 0 Å². The summed E-state index contributed by atoms with van der Waals surface area (Å²) in [6.07, 6.45) is -5.30. The van der Waals surface area contributed by atoms with Gasteiger partial charge in [-0.05, 0) is 6.42 Å². The Balaban J connectivity index is 2.82. The van der Waals surface area contributed by atoms with Crippen molar-refractivity contribution in [2.45, 2.75) is 38.8 Å². The van der Waals surface area contributed by atoms with Gasteiger partial charge >= 0.3 is 11.9 Å². The Morgan fingerprint density at radius 2 is 2.05 bits per heavy atom. The van der Waals surface area contributed by atoms with Crippen LogP contribution in [0.3, 0.4) is 0 Å². The molecule has 0 amide bonds. The van der Waals surface area contributed by atoms with Gasteiger partial charge in [0.15, 0.2) is 0 Å². The van der Waals surface area contributed by atoms with Gasteiger partial charge in [0.05, 0.1) is 4.92 Å². The molecular weight excluding hydrogens is 277 g/mol. The van der Waals surface area contributed by atoms with Crippen LogP contribution < -0.4 is 5.32 Å². The van der Waals surface area contributed by atoms with Crippen LogP contribution in [0.5, 0.6) is 0 Å². The zero-order valence-electron chi connectivity index (χ0n) is 11.5. The van der Waals surface area contributed by atoms with Crippen LogP contribution in [0.4, 0.5) is 24.7 Å². The zero-order chi connectivity index (χ0) is 15.5. The van der Waals surface area contributed by atoms with E-state index in [1.807, 2.05) is 0 Å². The number of aromatic nitrogens is 2. The predicted octanol–water partition coefficient (Wildman–Crippen LogP) is 3.21. The Bertz CT molecular complexity index is 483. The van der Waals surface area contributed by atoms with E-state index in [4.69, 9.17) is 0 Å². The van der Waals surface area contributed by atoms with Gasteiger partial charge in [-0.15, -0.1) is 0 Å². The number of hydrogen-bond acceptors (Lipinski definition) is 4. The molecule has 0 unspecified atom stereocenters. The van der Waals surface area contributed by atoms with Gasteiger partial charge in [0.2, 0.25) is 5.82 Å². The summed E-state index contributed by atoms with van der Waals surface area (Å²) in [5.41, 5.74) is 0.144. The third kappa shape index (κ3) is 4.10. The molecule has 0 bridgehead atoms. The third-order valence-corrected chi connectivity index (χ3v) is 2.71. The number of anilines is 1. The second kappa shape index (κ2) is 6.10. The van der Waals surface area contributed by atoms with Crippen LogP contribution in [0.15, 0.2) is 0 Å². The Hall–Kier alpha value is -1.80. The molecule has 0 aliphatic heterocycles. The number of alkyl halides is 3. The van der Waals surface area contributed by atoms with Crippen molar-refractivity contribution in [1.29, 1.82) is 0 Å².